The molecular formula is C30H55N5O7S. The number of rotatable bonds is 23. The molecule has 0 spiro atoms. The molecule has 5 unspecified atom stereocenters. The van der Waals surface area contributed by atoms with E-state index in [1.54, 1.807) is 11.8 Å². The van der Waals surface area contributed by atoms with Gasteiger partial charge in [-0.2, -0.15) is 11.8 Å². The largest absolute Gasteiger partial charge is 0.394 e. The predicted molar refractivity (Wildman–Crippen MR) is 168 cm³/mol. The molecular weight excluding hydrogens is 574 g/mol. The Hall–Kier alpha value is -1.77. The Morgan fingerprint density at radius 3 is 2.09 bits per heavy atom. The van der Waals surface area contributed by atoms with Crippen molar-refractivity contribution in [3.8, 4) is 0 Å². The molecule has 13 heteroatoms. The minimum atomic E-state index is -1.57. The molecule has 1 aromatic rings. The summed E-state index contributed by atoms with van der Waals surface area (Å²) in [6.07, 6.45) is 11.7. The number of thioether (sulfide) groups is 1. The van der Waals surface area contributed by atoms with Crippen LogP contribution in [0.2, 0.25) is 0 Å². The molecule has 2 heterocycles. The third kappa shape index (κ3) is 13.8. The van der Waals surface area contributed by atoms with Gasteiger partial charge >= 0.3 is 0 Å². The first kappa shape index (κ1) is 37.4. The highest BCUT2D eigenvalue weighted by Crippen LogP contribution is 2.28. The number of carbonyl (C=O) groups is 2. The van der Waals surface area contributed by atoms with Gasteiger partial charge in [0.25, 0.3) is 0 Å². The topological polar surface area (TPSA) is 179 Å². The van der Waals surface area contributed by atoms with Gasteiger partial charge in [-0.1, -0.05) is 96.1 Å². The summed E-state index contributed by atoms with van der Waals surface area (Å²) in [7, 11) is 0. The van der Waals surface area contributed by atoms with Crippen LogP contribution < -0.4 is 10.6 Å². The fraction of sp³-hybridized carbons (Fsp3) is 0.867. The van der Waals surface area contributed by atoms with Crippen molar-refractivity contribution in [2.75, 3.05) is 23.4 Å². The van der Waals surface area contributed by atoms with Gasteiger partial charge < -0.3 is 35.8 Å². The van der Waals surface area contributed by atoms with Crippen LogP contribution in [-0.2, 0) is 14.3 Å². The van der Waals surface area contributed by atoms with E-state index in [4.69, 9.17) is 4.74 Å². The standard InChI is InChI=1S/C30H55N5O7S/c1-3-5-6-7-8-9-10-11-12-13-14-15-16-17-25(37)31-22(21-43-18-4-2)29(41)32-24-19-35(34-33-24)30-28(40)27(39)26(38)23(20-36)42-30/h19,22-23,26-28,30,36,38-40H,3-18,20-21H2,1-2H3,(H,31,37)(H,32,41)/t22-,23?,26?,27?,28?,30?/m1/s1. The van der Waals surface area contributed by atoms with E-state index in [0.717, 1.165) is 36.1 Å². The number of anilines is 1. The van der Waals surface area contributed by atoms with E-state index < -0.39 is 49.2 Å². The van der Waals surface area contributed by atoms with Gasteiger partial charge in [0.2, 0.25) is 11.8 Å². The van der Waals surface area contributed by atoms with Crippen LogP contribution in [0.3, 0.4) is 0 Å². The third-order valence-electron chi connectivity index (χ3n) is 7.68. The number of ether oxygens (including phenoxy) is 1. The molecule has 6 N–H and O–H groups in total. The molecule has 1 saturated heterocycles. The van der Waals surface area contributed by atoms with Crippen LogP contribution >= 0.6 is 11.8 Å². The number of nitrogens with zero attached hydrogens (tertiary/aromatic N) is 3. The zero-order valence-corrected chi connectivity index (χ0v) is 26.8. The first-order valence-corrected chi connectivity index (χ1v) is 17.4. The number of aromatic nitrogens is 3. The van der Waals surface area contributed by atoms with Crippen molar-refractivity contribution in [2.24, 2.45) is 0 Å². The van der Waals surface area contributed by atoms with Crippen LogP contribution in [0.15, 0.2) is 6.20 Å². The van der Waals surface area contributed by atoms with Gasteiger partial charge in [0, 0.05) is 12.2 Å². The molecule has 1 aliphatic heterocycles. The van der Waals surface area contributed by atoms with Gasteiger partial charge in [-0.15, -0.1) is 5.10 Å². The molecule has 0 aliphatic carbocycles. The Morgan fingerprint density at radius 1 is 0.907 bits per heavy atom. The second kappa shape index (κ2) is 21.9. The van der Waals surface area contributed by atoms with Crippen molar-refractivity contribution in [1.29, 1.82) is 0 Å². The highest BCUT2D eigenvalue weighted by atomic mass is 32.2. The maximum Gasteiger partial charge on any atom is 0.249 e. The number of hydrogen-bond acceptors (Lipinski definition) is 10. The van der Waals surface area contributed by atoms with Crippen LogP contribution in [0.1, 0.15) is 116 Å². The number of carbonyl (C=O) groups excluding carboxylic acids is 2. The molecule has 1 fully saturated rings. The average Bonchev–Trinajstić information content (AvgIpc) is 3.46. The number of hydrogen-bond donors (Lipinski definition) is 6. The molecule has 248 valence electrons. The summed E-state index contributed by atoms with van der Waals surface area (Å²) in [5.41, 5.74) is 0. The van der Waals surface area contributed by atoms with Crippen molar-refractivity contribution < 1.29 is 34.8 Å². The normalized spacial score (nSPS) is 22.8. The molecule has 0 radical (unpaired) electrons. The Labute approximate surface area is 260 Å². The minimum Gasteiger partial charge on any atom is -0.394 e. The molecule has 1 aliphatic rings. The zero-order valence-electron chi connectivity index (χ0n) is 26.0. The Balaban J connectivity index is 1.74. The zero-order chi connectivity index (χ0) is 31.5. The van der Waals surface area contributed by atoms with Crippen molar-refractivity contribution in [1.82, 2.24) is 20.3 Å². The fourth-order valence-electron chi connectivity index (χ4n) is 5.07. The van der Waals surface area contributed by atoms with Crippen molar-refractivity contribution in [3.05, 3.63) is 6.20 Å². The number of unbranched alkanes of at least 4 members (excludes halogenated alkanes) is 12. The van der Waals surface area contributed by atoms with Crippen molar-refractivity contribution in [2.45, 2.75) is 147 Å². The summed E-state index contributed by atoms with van der Waals surface area (Å²) in [6, 6.07) is -0.761. The number of aliphatic hydroxyl groups is 4. The number of amides is 2. The molecule has 2 rings (SSSR count). The highest BCUT2D eigenvalue weighted by Gasteiger charge is 2.44. The summed E-state index contributed by atoms with van der Waals surface area (Å²) in [5.74, 6) is 0.725. The van der Waals surface area contributed by atoms with Gasteiger partial charge in [0.05, 0.1) is 12.8 Å². The Bertz CT molecular complexity index is 906. The van der Waals surface area contributed by atoms with Gasteiger partial charge in [-0.05, 0) is 18.6 Å². The second-order valence-electron chi connectivity index (χ2n) is 11.5. The summed E-state index contributed by atoms with van der Waals surface area (Å²) in [5, 5.41) is 53.1. The Morgan fingerprint density at radius 2 is 1.51 bits per heavy atom. The van der Waals surface area contributed by atoms with E-state index in [1.807, 2.05) is 6.92 Å². The summed E-state index contributed by atoms with van der Waals surface area (Å²) in [6.45, 7) is 3.72. The Kier molecular flexibility index (Phi) is 19.0. The summed E-state index contributed by atoms with van der Waals surface area (Å²) >= 11 is 1.58. The quantitative estimate of drug-likeness (QED) is 0.0984. The lowest BCUT2D eigenvalue weighted by atomic mass is 9.98. The SMILES string of the molecule is CCCCCCCCCCCCCCCC(=O)N[C@H](CSCCC)C(=O)Nc1cn(C2OC(CO)C(O)C(O)C2O)nn1. The molecule has 1 aromatic heterocycles. The molecule has 12 nitrogen and oxygen atoms in total. The van der Waals surface area contributed by atoms with Crippen LogP contribution in [0.5, 0.6) is 0 Å². The van der Waals surface area contributed by atoms with Crippen LogP contribution in [-0.4, -0.2) is 95.8 Å². The van der Waals surface area contributed by atoms with Crippen LogP contribution in [0.4, 0.5) is 5.82 Å². The molecule has 0 aromatic carbocycles. The summed E-state index contributed by atoms with van der Waals surface area (Å²) in [4.78, 5) is 25.7. The minimum absolute atomic E-state index is 0.0678. The van der Waals surface area contributed by atoms with E-state index in [0.29, 0.717) is 12.2 Å². The molecule has 2 amide bonds. The van der Waals surface area contributed by atoms with Gasteiger partial charge in [-0.25, -0.2) is 4.68 Å². The highest BCUT2D eigenvalue weighted by molar-refractivity contribution is 7.99. The average molecular weight is 630 g/mol. The van der Waals surface area contributed by atoms with Gasteiger partial charge in [0.1, 0.15) is 30.5 Å². The van der Waals surface area contributed by atoms with E-state index in [2.05, 4.69) is 27.9 Å². The first-order chi connectivity index (χ1) is 20.8. The van der Waals surface area contributed by atoms with Crippen molar-refractivity contribution in [3.63, 3.8) is 0 Å². The maximum atomic E-state index is 13.1. The number of aliphatic hydroxyl groups excluding tert-OH is 4. The van der Waals surface area contributed by atoms with E-state index in [1.165, 1.54) is 70.4 Å². The maximum absolute atomic E-state index is 13.1. The summed E-state index contributed by atoms with van der Waals surface area (Å²) < 4.78 is 6.58. The van der Waals surface area contributed by atoms with E-state index in [9.17, 15) is 30.0 Å². The van der Waals surface area contributed by atoms with E-state index >= 15 is 0 Å². The lowest BCUT2D eigenvalue weighted by molar-refractivity contribution is -0.254. The van der Waals surface area contributed by atoms with Gasteiger partial charge in [-0.3, -0.25) is 9.59 Å². The van der Waals surface area contributed by atoms with Crippen molar-refractivity contribution >= 4 is 29.4 Å². The first-order valence-electron chi connectivity index (χ1n) is 16.2. The lowest BCUT2D eigenvalue weighted by Gasteiger charge is -2.39. The molecule has 0 saturated carbocycles. The monoisotopic (exact) mass is 629 g/mol. The number of nitrogens with one attached hydrogen (secondary N) is 2. The fourth-order valence-corrected chi connectivity index (χ4v) is 6.00. The van der Waals surface area contributed by atoms with E-state index in [-0.39, 0.29) is 11.7 Å². The van der Waals surface area contributed by atoms with Gasteiger partial charge in [0.15, 0.2) is 12.0 Å². The molecule has 6 atom stereocenters. The van der Waals surface area contributed by atoms with Crippen LogP contribution in [0.25, 0.3) is 0 Å². The lowest BCUT2D eigenvalue weighted by Crippen LogP contribution is -2.56. The predicted octanol–water partition coefficient (Wildman–Crippen LogP) is 3.30. The third-order valence-corrected chi connectivity index (χ3v) is 8.95. The molecule has 0 bridgehead atoms. The van der Waals surface area contributed by atoms with Crippen LogP contribution in [0, 0.1) is 0 Å². The second-order valence-corrected chi connectivity index (χ2v) is 12.6. The molecule has 43 heavy (non-hydrogen) atoms. The smallest absolute Gasteiger partial charge is 0.249 e.